The number of likely N-dealkylation sites (tertiary alicyclic amines) is 1. The standard InChI is InChI=1S/C17H24BrN3O2S/c1-19-17(23)12-21-9-6-14(7-10-21)20-16(22)8-11-24-15-4-2-13(18)3-5-15/h2-5,14H,6-12H2,1H3,(H,19,23)(H,20,22). The van der Waals surface area contributed by atoms with Gasteiger partial charge in [-0.2, -0.15) is 0 Å². The van der Waals surface area contributed by atoms with Crippen LogP contribution in [0.4, 0.5) is 0 Å². The second-order valence-corrected chi connectivity index (χ2v) is 7.93. The quantitative estimate of drug-likeness (QED) is 0.672. The molecule has 1 fully saturated rings. The van der Waals surface area contributed by atoms with Crippen LogP contribution in [0.3, 0.4) is 0 Å². The molecular weight excluding hydrogens is 390 g/mol. The predicted molar refractivity (Wildman–Crippen MR) is 101 cm³/mol. The Morgan fingerprint density at radius 3 is 2.50 bits per heavy atom. The molecule has 1 aliphatic rings. The Morgan fingerprint density at radius 1 is 1.21 bits per heavy atom. The molecule has 24 heavy (non-hydrogen) atoms. The Hall–Kier alpha value is -1.05. The number of nitrogens with one attached hydrogen (secondary N) is 2. The lowest BCUT2D eigenvalue weighted by Gasteiger charge is -2.31. The molecule has 7 heteroatoms. The van der Waals surface area contributed by atoms with Crippen molar-refractivity contribution in [1.29, 1.82) is 0 Å². The molecule has 1 saturated heterocycles. The third-order valence-corrected chi connectivity index (χ3v) is 5.55. The molecule has 0 aliphatic carbocycles. The number of piperidine rings is 1. The van der Waals surface area contributed by atoms with Crippen LogP contribution in [0.15, 0.2) is 33.6 Å². The number of carbonyl (C=O) groups is 2. The molecule has 1 heterocycles. The molecule has 1 aromatic rings. The minimum atomic E-state index is 0.0439. The average molecular weight is 414 g/mol. The SMILES string of the molecule is CNC(=O)CN1CCC(NC(=O)CCSc2ccc(Br)cc2)CC1. The van der Waals surface area contributed by atoms with Crippen molar-refractivity contribution in [2.75, 3.05) is 32.4 Å². The van der Waals surface area contributed by atoms with E-state index in [1.54, 1.807) is 18.8 Å². The molecule has 0 bridgehead atoms. The summed E-state index contributed by atoms with van der Waals surface area (Å²) >= 11 is 5.11. The molecule has 0 radical (unpaired) electrons. The maximum absolute atomic E-state index is 12.1. The zero-order valence-electron chi connectivity index (χ0n) is 13.9. The number of hydrogen-bond donors (Lipinski definition) is 2. The molecule has 5 nitrogen and oxygen atoms in total. The summed E-state index contributed by atoms with van der Waals surface area (Å²) in [5, 5.41) is 5.76. The van der Waals surface area contributed by atoms with Crippen molar-refractivity contribution in [3.8, 4) is 0 Å². The summed E-state index contributed by atoms with van der Waals surface area (Å²) in [5.41, 5.74) is 0. The number of thioether (sulfide) groups is 1. The molecule has 1 aliphatic heterocycles. The molecular formula is C17H24BrN3O2S. The van der Waals surface area contributed by atoms with Gasteiger partial charge in [0, 0.05) is 47.7 Å². The summed E-state index contributed by atoms with van der Waals surface area (Å²) in [5.74, 6) is 0.940. The summed E-state index contributed by atoms with van der Waals surface area (Å²) in [6.45, 7) is 2.15. The van der Waals surface area contributed by atoms with Crippen LogP contribution < -0.4 is 10.6 Å². The number of halogens is 1. The van der Waals surface area contributed by atoms with Crippen LogP contribution in [0.2, 0.25) is 0 Å². The van der Waals surface area contributed by atoms with Gasteiger partial charge in [0.25, 0.3) is 0 Å². The van der Waals surface area contributed by atoms with E-state index in [2.05, 4.69) is 43.6 Å². The van der Waals surface area contributed by atoms with Crippen molar-refractivity contribution in [3.63, 3.8) is 0 Å². The minimum Gasteiger partial charge on any atom is -0.358 e. The maximum atomic E-state index is 12.1. The van der Waals surface area contributed by atoms with Gasteiger partial charge < -0.3 is 10.6 Å². The van der Waals surface area contributed by atoms with Crippen LogP contribution in [0.25, 0.3) is 0 Å². The molecule has 0 saturated carbocycles. The number of carbonyl (C=O) groups excluding carboxylic acids is 2. The van der Waals surface area contributed by atoms with Gasteiger partial charge in [-0.3, -0.25) is 14.5 Å². The second-order valence-electron chi connectivity index (χ2n) is 5.84. The van der Waals surface area contributed by atoms with Crippen LogP contribution in [-0.4, -0.2) is 55.2 Å². The first-order chi connectivity index (χ1) is 11.6. The second kappa shape index (κ2) is 10.1. The summed E-state index contributed by atoms with van der Waals surface area (Å²) < 4.78 is 1.06. The predicted octanol–water partition coefficient (Wildman–Crippen LogP) is 2.26. The number of benzene rings is 1. The van der Waals surface area contributed by atoms with Gasteiger partial charge in [-0.15, -0.1) is 11.8 Å². The summed E-state index contributed by atoms with van der Waals surface area (Å²) in [7, 11) is 1.65. The lowest BCUT2D eigenvalue weighted by atomic mass is 10.0. The maximum Gasteiger partial charge on any atom is 0.233 e. The van der Waals surface area contributed by atoms with Crippen molar-refractivity contribution in [3.05, 3.63) is 28.7 Å². The van der Waals surface area contributed by atoms with Crippen molar-refractivity contribution >= 4 is 39.5 Å². The highest BCUT2D eigenvalue weighted by Gasteiger charge is 2.21. The lowest BCUT2D eigenvalue weighted by molar-refractivity contribution is -0.123. The molecule has 0 unspecified atom stereocenters. The van der Waals surface area contributed by atoms with Crippen LogP contribution in [0, 0.1) is 0 Å². The van der Waals surface area contributed by atoms with E-state index in [4.69, 9.17) is 0 Å². The number of likely N-dealkylation sites (N-methyl/N-ethyl adjacent to an activating group) is 1. The van der Waals surface area contributed by atoms with E-state index < -0.39 is 0 Å². The topological polar surface area (TPSA) is 61.4 Å². The van der Waals surface area contributed by atoms with Crippen LogP contribution in [0.1, 0.15) is 19.3 Å². The van der Waals surface area contributed by atoms with Gasteiger partial charge in [-0.05, 0) is 37.1 Å². The monoisotopic (exact) mass is 413 g/mol. The van der Waals surface area contributed by atoms with E-state index in [1.807, 2.05) is 12.1 Å². The van der Waals surface area contributed by atoms with Gasteiger partial charge in [0.05, 0.1) is 6.54 Å². The number of rotatable bonds is 7. The molecule has 132 valence electrons. The number of amides is 2. The fourth-order valence-corrected chi connectivity index (χ4v) is 3.73. The van der Waals surface area contributed by atoms with E-state index in [-0.39, 0.29) is 17.9 Å². The van der Waals surface area contributed by atoms with E-state index in [1.165, 1.54) is 4.90 Å². The average Bonchev–Trinajstić information content (AvgIpc) is 2.58. The van der Waals surface area contributed by atoms with Crippen molar-refractivity contribution in [2.24, 2.45) is 0 Å². The fourth-order valence-electron chi connectivity index (χ4n) is 2.61. The fraction of sp³-hybridized carbons (Fsp3) is 0.529. The number of hydrogen-bond acceptors (Lipinski definition) is 4. The Morgan fingerprint density at radius 2 is 1.88 bits per heavy atom. The minimum absolute atomic E-state index is 0.0439. The molecule has 2 amide bonds. The van der Waals surface area contributed by atoms with Crippen molar-refractivity contribution in [2.45, 2.75) is 30.2 Å². The van der Waals surface area contributed by atoms with E-state index in [9.17, 15) is 9.59 Å². The van der Waals surface area contributed by atoms with Crippen molar-refractivity contribution in [1.82, 2.24) is 15.5 Å². The van der Waals surface area contributed by atoms with Crippen LogP contribution in [-0.2, 0) is 9.59 Å². The third-order valence-electron chi connectivity index (χ3n) is 4.01. The van der Waals surface area contributed by atoms with Gasteiger partial charge in [0.15, 0.2) is 0 Å². The van der Waals surface area contributed by atoms with Gasteiger partial charge in [0.1, 0.15) is 0 Å². The summed E-state index contributed by atoms with van der Waals surface area (Å²) in [6.07, 6.45) is 2.34. The third kappa shape index (κ3) is 6.83. The normalized spacial score (nSPS) is 15.9. The van der Waals surface area contributed by atoms with Gasteiger partial charge >= 0.3 is 0 Å². The van der Waals surface area contributed by atoms with E-state index in [0.717, 1.165) is 36.2 Å². The Labute approximate surface area is 156 Å². The van der Waals surface area contributed by atoms with Crippen LogP contribution >= 0.6 is 27.7 Å². The molecule has 2 N–H and O–H groups in total. The highest BCUT2D eigenvalue weighted by atomic mass is 79.9. The lowest BCUT2D eigenvalue weighted by Crippen LogP contribution is -2.47. The molecule has 0 spiro atoms. The zero-order chi connectivity index (χ0) is 17.4. The number of nitrogens with zero attached hydrogens (tertiary/aromatic N) is 1. The van der Waals surface area contributed by atoms with E-state index in [0.29, 0.717) is 13.0 Å². The van der Waals surface area contributed by atoms with Crippen molar-refractivity contribution < 1.29 is 9.59 Å². The Kier molecular flexibility index (Phi) is 8.08. The Balaban J connectivity index is 1.61. The molecule has 2 rings (SSSR count). The van der Waals surface area contributed by atoms with Crippen LogP contribution in [0.5, 0.6) is 0 Å². The summed E-state index contributed by atoms with van der Waals surface area (Å²) in [6, 6.07) is 8.35. The first-order valence-electron chi connectivity index (χ1n) is 8.17. The highest BCUT2D eigenvalue weighted by molar-refractivity contribution is 9.10. The Bertz CT molecular complexity index is 545. The zero-order valence-corrected chi connectivity index (χ0v) is 16.3. The smallest absolute Gasteiger partial charge is 0.233 e. The largest absolute Gasteiger partial charge is 0.358 e. The van der Waals surface area contributed by atoms with Gasteiger partial charge in [-0.1, -0.05) is 15.9 Å². The van der Waals surface area contributed by atoms with E-state index >= 15 is 0 Å². The van der Waals surface area contributed by atoms with Gasteiger partial charge in [0.2, 0.25) is 11.8 Å². The molecule has 0 atom stereocenters. The molecule has 0 aromatic heterocycles. The first-order valence-corrected chi connectivity index (χ1v) is 9.95. The first kappa shape index (κ1) is 19.3. The molecule has 1 aromatic carbocycles. The van der Waals surface area contributed by atoms with Gasteiger partial charge in [-0.25, -0.2) is 0 Å². The summed E-state index contributed by atoms with van der Waals surface area (Å²) in [4.78, 5) is 26.7. The highest BCUT2D eigenvalue weighted by Crippen LogP contribution is 2.21.